The number of hydrogen-bond acceptors (Lipinski definition) is 2. The van der Waals surface area contributed by atoms with Crippen molar-refractivity contribution >= 4 is 37.8 Å². The molecule has 3 nitrogen and oxygen atoms in total. The monoisotopic (exact) mass is 408 g/mol. The minimum absolute atomic E-state index is 0.00931. The van der Waals surface area contributed by atoms with E-state index in [0.717, 1.165) is 28.3 Å². The van der Waals surface area contributed by atoms with Crippen molar-refractivity contribution in [2.24, 2.45) is 0 Å². The van der Waals surface area contributed by atoms with Crippen molar-refractivity contribution in [2.45, 2.75) is 18.9 Å². The Morgan fingerprint density at radius 2 is 2.10 bits per heavy atom. The SMILES string of the molecule is O=C(c1ncccc1Br)N1CCCC1c1cccc(Br)c1. The van der Waals surface area contributed by atoms with E-state index in [-0.39, 0.29) is 11.9 Å². The van der Waals surface area contributed by atoms with E-state index in [4.69, 9.17) is 0 Å². The summed E-state index contributed by atoms with van der Waals surface area (Å²) >= 11 is 6.91. The van der Waals surface area contributed by atoms with Gasteiger partial charge in [-0.1, -0.05) is 28.1 Å². The van der Waals surface area contributed by atoms with E-state index in [1.54, 1.807) is 6.20 Å². The molecule has 2 aromatic rings. The van der Waals surface area contributed by atoms with Crippen LogP contribution in [-0.4, -0.2) is 22.3 Å². The highest BCUT2D eigenvalue weighted by atomic mass is 79.9. The molecular weight excluding hydrogens is 396 g/mol. The van der Waals surface area contributed by atoms with Crippen LogP contribution in [0.5, 0.6) is 0 Å². The second-order valence-electron chi connectivity index (χ2n) is 5.05. The van der Waals surface area contributed by atoms with Gasteiger partial charge in [-0.05, 0) is 58.6 Å². The Kier molecular flexibility index (Phi) is 4.40. The molecule has 2 heterocycles. The summed E-state index contributed by atoms with van der Waals surface area (Å²) in [5.41, 5.74) is 1.65. The summed E-state index contributed by atoms with van der Waals surface area (Å²) in [6.45, 7) is 0.777. The van der Waals surface area contributed by atoms with Gasteiger partial charge in [-0.15, -0.1) is 0 Å². The predicted octanol–water partition coefficient (Wildman–Crippen LogP) is 4.58. The maximum absolute atomic E-state index is 12.8. The van der Waals surface area contributed by atoms with Crippen LogP contribution in [0.2, 0.25) is 0 Å². The van der Waals surface area contributed by atoms with Crippen LogP contribution in [0.3, 0.4) is 0 Å². The number of halogens is 2. The number of pyridine rings is 1. The van der Waals surface area contributed by atoms with Crippen LogP contribution in [0, 0.1) is 0 Å². The average molecular weight is 410 g/mol. The Bertz CT molecular complexity index is 675. The fourth-order valence-electron chi connectivity index (χ4n) is 2.75. The molecule has 0 N–H and O–H groups in total. The van der Waals surface area contributed by atoms with E-state index in [0.29, 0.717) is 5.69 Å². The van der Waals surface area contributed by atoms with Crippen LogP contribution in [-0.2, 0) is 0 Å². The van der Waals surface area contributed by atoms with Gasteiger partial charge in [-0.2, -0.15) is 0 Å². The van der Waals surface area contributed by atoms with Crippen LogP contribution in [0.1, 0.15) is 34.9 Å². The summed E-state index contributed by atoms with van der Waals surface area (Å²) in [7, 11) is 0. The number of carbonyl (C=O) groups excluding carboxylic acids is 1. The molecule has 1 saturated heterocycles. The van der Waals surface area contributed by atoms with E-state index in [1.807, 2.05) is 29.2 Å². The molecule has 0 bridgehead atoms. The maximum atomic E-state index is 12.8. The lowest BCUT2D eigenvalue weighted by atomic mass is 10.0. The lowest BCUT2D eigenvalue weighted by Gasteiger charge is -2.25. The molecule has 1 aromatic carbocycles. The van der Waals surface area contributed by atoms with Gasteiger partial charge in [0.2, 0.25) is 0 Å². The van der Waals surface area contributed by atoms with Gasteiger partial charge in [0.25, 0.3) is 5.91 Å². The number of nitrogens with zero attached hydrogens (tertiary/aromatic N) is 2. The van der Waals surface area contributed by atoms with E-state index < -0.39 is 0 Å². The van der Waals surface area contributed by atoms with Crippen LogP contribution in [0.15, 0.2) is 51.5 Å². The molecular formula is C16H14Br2N2O. The molecule has 1 unspecified atom stereocenters. The van der Waals surface area contributed by atoms with Crippen molar-refractivity contribution in [1.82, 2.24) is 9.88 Å². The van der Waals surface area contributed by atoms with Crippen LogP contribution >= 0.6 is 31.9 Å². The van der Waals surface area contributed by atoms with Crippen LogP contribution in [0.4, 0.5) is 0 Å². The average Bonchev–Trinajstić information content (AvgIpc) is 2.96. The van der Waals surface area contributed by atoms with Crippen LogP contribution < -0.4 is 0 Å². The van der Waals surface area contributed by atoms with Crippen molar-refractivity contribution in [3.05, 3.63) is 62.8 Å². The number of benzene rings is 1. The van der Waals surface area contributed by atoms with Crippen LogP contribution in [0.25, 0.3) is 0 Å². The zero-order valence-corrected chi connectivity index (χ0v) is 14.5. The first-order valence-corrected chi connectivity index (χ1v) is 8.42. The molecule has 21 heavy (non-hydrogen) atoms. The summed E-state index contributed by atoms with van der Waals surface area (Å²) in [5, 5.41) is 0. The van der Waals surface area contributed by atoms with Crippen molar-refractivity contribution in [2.75, 3.05) is 6.54 Å². The molecule has 1 fully saturated rings. The van der Waals surface area contributed by atoms with Gasteiger partial charge >= 0.3 is 0 Å². The normalized spacial score (nSPS) is 18.0. The molecule has 0 radical (unpaired) electrons. The maximum Gasteiger partial charge on any atom is 0.274 e. The number of hydrogen-bond donors (Lipinski definition) is 0. The Hall–Kier alpha value is -1.20. The molecule has 0 spiro atoms. The van der Waals surface area contributed by atoms with E-state index >= 15 is 0 Å². The van der Waals surface area contributed by atoms with E-state index in [9.17, 15) is 4.79 Å². The van der Waals surface area contributed by atoms with Crippen molar-refractivity contribution in [1.29, 1.82) is 0 Å². The number of rotatable bonds is 2. The van der Waals surface area contributed by atoms with Crippen molar-refractivity contribution in [3.63, 3.8) is 0 Å². The lowest BCUT2D eigenvalue weighted by Crippen LogP contribution is -2.31. The molecule has 1 amide bonds. The predicted molar refractivity (Wildman–Crippen MR) is 89.1 cm³/mol. The molecule has 108 valence electrons. The molecule has 3 rings (SSSR count). The van der Waals surface area contributed by atoms with Gasteiger partial charge in [0.05, 0.1) is 6.04 Å². The molecule has 5 heteroatoms. The smallest absolute Gasteiger partial charge is 0.274 e. The first-order chi connectivity index (χ1) is 10.2. The second-order valence-corrected chi connectivity index (χ2v) is 6.82. The van der Waals surface area contributed by atoms with Gasteiger partial charge < -0.3 is 4.90 Å². The third kappa shape index (κ3) is 3.04. The standard InChI is InChI=1S/C16H14Br2N2O/c17-12-5-1-4-11(10-12)14-7-3-9-20(14)16(21)15-13(18)6-2-8-19-15/h1-2,4-6,8,10,14H,3,7,9H2. The third-order valence-electron chi connectivity index (χ3n) is 3.71. The first kappa shape index (κ1) is 14.7. The second kappa shape index (κ2) is 6.28. The molecule has 1 aromatic heterocycles. The Balaban J connectivity index is 1.91. The Morgan fingerprint density at radius 3 is 2.86 bits per heavy atom. The zero-order chi connectivity index (χ0) is 14.8. The lowest BCUT2D eigenvalue weighted by molar-refractivity contribution is 0.0728. The molecule has 1 aliphatic heterocycles. The summed E-state index contributed by atoms with van der Waals surface area (Å²) in [5.74, 6) is -0.00931. The summed E-state index contributed by atoms with van der Waals surface area (Å²) in [6, 6.07) is 12.0. The zero-order valence-electron chi connectivity index (χ0n) is 11.3. The van der Waals surface area contributed by atoms with Crippen molar-refractivity contribution in [3.8, 4) is 0 Å². The van der Waals surface area contributed by atoms with Gasteiger partial charge in [0.1, 0.15) is 5.69 Å². The summed E-state index contributed by atoms with van der Waals surface area (Å²) in [6.07, 6.45) is 3.67. The molecule has 0 aliphatic carbocycles. The third-order valence-corrected chi connectivity index (χ3v) is 4.84. The largest absolute Gasteiger partial charge is 0.330 e. The van der Waals surface area contributed by atoms with Gasteiger partial charge in [-0.25, -0.2) is 4.98 Å². The highest BCUT2D eigenvalue weighted by Crippen LogP contribution is 2.34. The number of amides is 1. The Labute approximate surface area is 140 Å². The van der Waals surface area contributed by atoms with Gasteiger partial charge in [0.15, 0.2) is 0 Å². The number of likely N-dealkylation sites (tertiary alicyclic amines) is 1. The molecule has 1 aliphatic rings. The van der Waals surface area contributed by atoms with E-state index in [1.165, 1.54) is 5.56 Å². The highest BCUT2D eigenvalue weighted by molar-refractivity contribution is 9.10. The quantitative estimate of drug-likeness (QED) is 0.726. The summed E-state index contributed by atoms with van der Waals surface area (Å²) < 4.78 is 1.79. The minimum Gasteiger partial charge on any atom is -0.330 e. The minimum atomic E-state index is -0.00931. The fraction of sp³-hybridized carbons (Fsp3) is 0.250. The molecule has 0 saturated carbocycles. The van der Waals surface area contributed by atoms with Crippen molar-refractivity contribution < 1.29 is 4.79 Å². The van der Waals surface area contributed by atoms with Gasteiger partial charge in [0, 0.05) is 21.7 Å². The topological polar surface area (TPSA) is 33.2 Å². The summed E-state index contributed by atoms with van der Waals surface area (Å²) in [4.78, 5) is 18.9. The highest BCUT2D eigenvalue weighted by Gasteiger charge is 2.32. The van der Waals surface area contributed by atoms with E-state index in [2.05, 4.69) is 49.0 Å². The fourth-order valence-corrected chi connectivity index (χ4v) is 3.59. The number of aromatic nitrogens is 1. The first-order valence-electron chi connectivity index (χ1n) is 6.84. The Morgan fingerprint density at radius 1 is 1.24 bits per heavy atom. The number of carbonyl (C=O) groups is 1. The van der Waals surface area contributed by atoms with Gasteiger partial charge in [-0.3, -0.25) is 4.79 Å². The molecule has 1 atom stereocenters.